The van der Waals surface area contributed by atoms with E-state index in [1.165, 1.54) is 146 Å². The van der Waals surface area contributed by atoms with E-state index in [4.69, 9.17) is 28.9 Å². The Bertz CT molecular complexity index is 6060. The molecule has 18 N–H and O–H groups in total. The van der Waals surface area contributed by atoms with Gasteiger partial charge >= 0.3 is 0 Å². The van der Waals surface area contributed by atoms with Crippen molar-refractivity contribution >= 4 is 139 Å². The van der Waals surface area contributed by atoms with Crippen LogP contribution in [0.25, 0.3) is 90.9 Å². The standard InChI is InChI=1S/C100H102N4O36/c1-41(105)77(121)85-93(129,49(9)113)97(133,53(13)117)89(125,45(5)109)81(137-85)61-25-17-21-57(37-61)73-65-29-31-67(101-65)74(58-22-18-26-62(38-58)82-90(126,46(6)110)98(134,54(14)118)94(130,50(10)114)86(138-82)78(122)42(2)106)69-33-35-71(103-69)76(60-24-20-28-64(40-60)84-92(128,48(8)112)100(136,56(16)120)96(132,52(12)116)88(140-84)80(124)44(4)108)72-36-34-70(104-72)75(68-32-30-66(73)102-68)59-23-19-27-63(39-59)83-91(127,47(7)111)99(135,55(15)119)95(131,51(11)115)87(139-83)79(123)43(3)107/h17-40,77-88,101,104,121-136H,1-16H3/t77?,78?,79?,80?,81-,82-,83-,84-,85+,86+,87+,88+,89-,90-,91-,92-,93-,94-,95-,96-,97+,98+,99+,100+/m0/s1. The van der Waals surface area contributed by atoms with Crippen molar-refractivity contribution in [2.75, 3.05) is 0 Å². The highest BCUT2D eigenvalue weighted by molar-refractivity contribution is 6.11. The van der Waals surface area contributed by atoms with Gasteiger partial charge in [0.25, 0.3) is 0 Å². The summed E-state index contributed by atoms with van der Waals surface area (Å²) in [6.07, 6.45) is -25.6. The lowest BCUT2D eigenvalue weighted by atomic mass is 9.57. The molecule has 0 spiro atoms. The number of aromatic nitrogens is 4. The minimum Gasteiger partial charge on any atom is -0.382 e. The highest BCUT2D eigenvalue weighted by Crippen LogP contribution is 2.60. The van der Waals surface area contributed by atoms with Crippen LogP contribution in [0.4, 0.5) is 0 Å². The molecule has 0 radical (unpaired) electrons. The first-order chi connectivity index (χ1) is 64.9. The summed E-state index contributed by atoms with van der Waals surface area (Å²) in [7, 11) is 0. The molecule has 0 amide bonds. The molecule has 13 rings (SSSR count). The zero-order chi connectivity index (χ0) is 104. The maximum atomic E-state index is 14.5. The van der Waals surface area contributed by atoms with Crippen LogP contribution in [0.3, 0.4) is 0 Å². The molecule has 140 heavy (non-hydrogen) atoms. The van der Waals surface area contributed by atoms with E-state index in [1.807, 2.05) is 0 Å². The third-order valence-corrected chi connectivity index (χ3v) is 28.5. The summed E-state index contributed by atoms with van der Waals surface area (Å²) in [6, 6.07) is 25.8. The molecule has 24 atom stereocenters. The van der Waals surface area contributed by atoms with E-state index in [2.05, 4.69) is 9.97 Å². The first-order valence-electron chi connectivity index (χ1n) is 43.6. The van der Waals surface area contributed by atoms with Crippen molar-refractivity contribution in [2.45, 2.75) is 251 Å². The van der Waals surface area contributed by atoms with Crippen molar-refractivity contribution < 1.29 is 177 Å². The average molecular weight is 1940 g/mol. The molecule has 4 aromatic carbocycles. The summed E-state index contributed by atoms with van der Waals surface area (Å²) in [4.78, 5) is 241. The molecule has 6 aliphatic heterocycles. The molecule has 40 heteroatoms. The Morgan fingerprint density at radius 3 is 0.557 bits per heavy atom. The Morgan fingerprint density at radius 2 is 0.414 bits per heavy atom. The number of fused-ring (bicyclic) bond motifs is 8. The highest BCUT2D eigenvalue weighted by atomic mass is 16.6. The zero-order valence-corrected chi connectivity index (χ0v) is 78.0. The second kappa shape index (κ2) is 35.9. The number of carbonyl (C=O) groups excluding carboxylic acids is 16. The minimum atomic E-state index is -4.00. The summed E-state index contributed by atoms with van der Waals surface area (Å²) in [6.45, 7) is 10.6. The fourth-order valence-corrected chi connectivity index (χ4v) is 21.0. The number of aliphatic hydroxyl groups is 16. The van der Waals surface area contributed by atoms with Gasteiger partial charge in [-0.25, -0.2) is 9.97 Å². The van der Waals surface area contributed by atoms with Gasteiger partial charge in [-0.3, -0.25) is 76.7 Å². The fourth-order valence-electron chi connectivity index (χ4n) is 21.0. The maximum absolute atomic E-state index is 14.5. The van der Waals surface area contributed by atoms with Gasteiger partial charge in [0.05, 0.1) is 22.8 Å². The van der Waals surface area contributed by atoms with Crippen molar-refractivity contribution in [3.8, 4) is 44.5 Å². The van der Waals surface area contributed by atoms with Crippen LogP contribution < -0.4 is 0 Å². The molecule has 4 unspecified atom stereocenters. The van der Waals surface area contributed by atoms with Crippen LogP contribution in [0, 0.1) is 0 Å². The smallest absolute Gasteiger partial charge is 0.200 e. The molecule has 6 aliphatic rings. The number of Topliss-reactive ketones (excluding diaryl/α,β-unsaturated/α-hetero) is 16. The number of benzene rings is 4. The lowest BCUT2D eigenvalue weighted by Crippen LogP contribution is -2.85. The van der Waals surface area contributed by atoms with E-state index in [1.54, 1.807) is 0 Å². The Labute approximate surface area is 794 Å². The van der Waals surface area contributed by atoms with Gasteiger partial charge in [-0.05, 0) is 228 Å². The van der Waals surface area contributed by atoms with Gasteiger partial charge in [0, 0.05) is 44.3 Å². The van der Waals surface area contributed by atoms with E-state index in [9.17, 15) is 158 Å². The van der Waals surface area contributed by atoms with Crippen LogP contribution in [0.5, 0.6) is 0 Å². The van der Waals surface area contributed by atoms with Gasteiger partial charge in [0.15, 0.2) is 160 Å². The largest absolute Gasteiger partial charge is 0.382 e. The number of ether oxygens (including phenoxy) is 4. The van der Waals surface area contributed by atoms with E-state index < -0.39 is 255 Å². The lowest BCUT2D eigenvalue weighted by Gasteiger charge is -2.58. The molecule has 4 saturated heterocycles. The number of hydrogen-bond donors (Lipinski definition) is 18. The second-order valence-electron chi connectivity index (χ2n) is 36.6. The van der Waals surface area contributed by atoms with Crippen LogP contribution in [-0.2, 0) is 95.7 Å². The van der Waals surface area contributed by atoms with Crippen molar-refractivity contribution in [1.29, 1.82) is 0 Å². The molecule has 7 aromatic rings. The topological polar surface area (TPSA) is 691 Å². The number of hydrogen-bond acceptors (Lipinski definition) is 38. The molecule has 8 bridgehead atoms. The molecule has 4 fully saturated rings. The van der Waals surface area contributed by atoms with Gasteiger partial charge in [-0.1, -0.05) is 72.8 Å². The number of ketones is 16. The van der Waals surface area contributed by atoms with E-state index in [0.29, 0.717) is 83.1 Å². The molecular weight excluding hydrogens is 1830 g/mol. The number of aromatic amines is 2. The summed E-state index contributed by atoms with van der Waals surface area (Å²) >= 11 is 0. The van der Waals surface area contributed by atoms with Gasteiger partial charge in [-0.15, -0.1) is 0 Å². The van der Waals surface area contributed by atoms with E-state index in [0.717, 1.165) is 27.7 Å². The van der Waals surface area contributed by atoms with Crippen molar-refractivity contribution in [3.05, 3.63) is 166 Å². The van der Waals surface area contributed by atoms with E-state index >= 15 is 0 Å². The predicted octanol–water partition coefficient (Wildman–Crippen LogP) is 0.724. The summed E-state index contributed by atoms with van der Waals surface area (Å²) < 4.78 is 24.9. The Kier molecular flexibility index (Phi) is 26.8. The van der Waals surface area contributed by atoms with Gasteiger partial charge in [0.2, 0.25) is 0 Å². The number of carbonyl (C=O) groups is 16. The molecule has 9 heterocycles. The van der Waals surface area contributed by atoms with Crippen molar-refractivity contribution in [3.63, 3.8) is 0 Å². The van der Waals surface area contributed by atoms with Gasteiger partial charge in [0.1, 0.15) is 73.2 Å². The quantitative estimate of drug-likeness (QED) is 0.0321. The fraction of sp³-hybridized carbons (Fsp3) is 0.400. The number of aliphatic hydroxyl groups excluding tert-OH is 4. The molecule has 3 aromatic heterocycles. The zero-order valence-electron chi connectivity index (χ0n) is 78.0. The molecule has 0 saturated carbocycles. The monoisotopic (exact) mass is 1930 g/mol. The van der Waals surface area contributed by atoms with Crippen LogP contribution in [-0.4, -0.2) is 310 Å². The first kappa shape index (κ1) is 105. The van der Waals surface area contributed by atoms with Crippen molar-refractivity contribution in [2.24, 2.45) is 0 Å². The lowest BCUT2D eigenvalue weighted by molar-refractivity contribution is -0.329. The van der Waals surface area contributed by atoms with Crippen molar-refractivity contribution in [1.82, 2.24) is 19.9 Å². The van der Waals surface area contributed by atoms with E-state index in [-0.39, 0.29) is 89.4 Å². The van der Waals surface area contributed by atoms with Crippen LogP contribution in [0.2, 0.25) is 0 Å². The van der Waals surface area contributed by atoms with Crippen LogP contribution in [0.15, 0.2) is 121 Å². The molecule has 0 aliphatic carbocycles. The third kappa shape index (κ3) is 14.4. The summed E-state index contributed by atoms with van der Waals surface area (Å²) in [5, 5.41) is 201. The number of H-pyrrole nitrogens is 2. The Balaban J connectivity index is 1.21. The normalized spacial score (nSPS) is 32.2. The molecule has 738 valence electrons. The SMILES string of the molecule is CC(=O)C(O)[C@H]1O[C@@H](c2cccc(-c3c4nc(c(-c5cccc([C@@H]6O[C@H](C(O)C(C)=O)[C@@](O)(C(C)=O)[C@@](O)(C(C)=O)[C@]6(O)C(C)=O)c5)c5ccc([nH]5)c(-c5cccc([C@@H]6O[C@H](C(O)C(C)=O)[C@@](O)(C(C)=O)[C@@](O)(C(C)=O)[C@]6(O)C(C)=O)c5)c5nc(c(-c6cccc([C@@H]7O[C@H](C(O)C(C)=O)[C@@](O)(C(C)=O)[C@@](O)(C(C)=O)[C@]7(O)C(C)=O)c6)c6ccc3[nH]6)C=C5)C=C4)c2)[C@@](O)(C(C)=O)[C@](O)(C(C)=O)[C@]1(O)C(C)=O. The highest BCUT2D eigenvalue weighted by Gasteiger charge is 2.84. The molecular formula is C100H102N4O36. The Hall–Kier alpha value is -12.6. The first-order valence-corrected chi connectivity index (χ1v) is 43.6. The van der Waals surface area contributed by atoms with Gasteiger partial charge in [-0.2, -0.15) is 0 Å². The number of rotatable bonds is 28. The Morgan fingerprint density at radius 1 is 0.250 bits per heavy atom. The average Bonchev–Trinajstić information content (AvgIpc) is 1.04. The predicted molar refractivity (Wildman–Crippen MR) is 485 cm³/mol. The summed E-state index contributed by atoms with van der Waals surface area (Å²) in [5.74, 6) is -24.1. The second-order valence-corrected chi connectivity index (χ2v) is 36.6. The maximum Gasteiger partial charge on any atom is 0.200 e. The third-order valence-electron chi connectivity index (χ3n) is 28.5. The van der Waals surface area contributed by atoms with Crippen LogP contribution in [0.1, 0.15) is 180 Å². The van der Waals surface area contributed by atoms with Crippen LogP contribution >= 0.6 is 0 Å². The number of nitrogens with one attached hydrogen (secondary N) is 2. The molecule has 40 nitrogen and oxygen atoms in total. The number of nitrogens with zero attached hydrogens (tertiary/aromatic N) is 2. The summed E-state index contributed by atoms with van der Waals surface area (Å²) in [5.41, 5.74) is -49.7. The van der Waals surface area contributed by atoms with Gasteiger partial charge < -0.3 is 111 Å². The minimum absolute atomic E-state index is 0.0695.